The number of benzene rings is 2. The van der Waals surface area contributed by atoms with E-state index in [2.05, 4.69) is 74.4 Å². The van der Waals surface area contributed by atoms with Gasteiger partial charge in [-0.2, -0.15) is 6.08 Å². The Morgan fingerprint density at radius 1 is 0.792 bits per heavy atom. The molecule has 0 N–H and O–H groups in total. The summed E-state index contributed by atoms with van der Waals surface area (Å²) in [4.78, 5) is 0. The molecule has 0 unspecified atom stereocenters. The molecule has 0 spiro atoms. The van der Waals surface area contributed by atoms with Gasteiger partial charge in [0.1, 0.15) is 0 Å². The van der Waals surface area contributed by atoms with Crippen molar-refractivity contribution >= 4 is 29.2 Å². The van der Waals surface area contributed by atoms with Crippen molar-refractivity contribution in [2.45, 2.75) is 6.42 Å². The van der Waals surface area contributed by atoms with Crippen LogP contribution in [0, 0.1) is 35.8 Å². The number of hydrogen-bond acceptors (Lipinski definition) is 0. The third kappa shape index (κ3) is 7.09. The minimum atomic E-state index is 0. The van der Waals surface area contributed by atoms with Crippen molar-refractivity contribution in [1.82, 2.24) is 0 Å². The number of rotatable bonds is 0. The Hall–Kier alpha value is -1.28. The van der Waals surface area contributed by atoms with Crippen LogP contribution in [0.4, 0.5) is 0 Å². The summed E-state index contributed by atoms with van der Waals surface area (Å²) in [5.74, 6) is 0. The van der Waals surface area contributed by atoms with E-state index in [4.69, 9.17) is 0 Å². The molecule has 0 aliphatic heterocycles. The molecule has 0 saturated carbocycles. The van der Waals surface area contributed by atoms with Crippen LogP contribution in [0.15, 0.2) is 72.8 Å². The smallest absolute Gasteiger partial charge is 0.0771 e. The summed E-state index contributed by atoms with van der Waals surface area (Å²) >= 11 is 1.81. The maximum atomic E-state index is 2.99. The van der Waals surface area contributed by atoms with Crippen LogP contribution in [0.3, 0.4) is 0 Å². The molecular weight excluding hydrogens is 340 g/mol. The summed E-state index contributed by atoms with van der Waals surface area (Å²) in [5.41, 5.74) is 0. The average molecular weight is 366 g/mol. The molecule has 0 atom stereocenters. The zero-order chi connectivity index (χ0) is 14.2. The fraction of sp³-hybridized carbons (Fsp3) is 0.0455. The fourth-order valence-electron chi connectivity index (χ4n) is 2.24. The Bertz CT molecular complexity index is 677. The van der Waals surface area contributed by atoms with Gasteiger partial charge in [-0.25, -0.2) is 12.2 Å². The summed E-state index contributed by atoms with van der Waals surface area (Å²) in [6.07, 6.45) is 10.0. The fourth-order valence-corrected chi connectivity index (χ4v) is 2.24. The van der Waals surface area contributed by atoms with E-state index in [0.29, 0.717) is 0 Å². The van der Waals surface area contributed by atoms with Gasteiger partial charge in [-0.15, -0.1) is 46.2 Å². The standard InChI is InChI=1S/C13H9.C5H5.4CH3.Si.Ti/c1-3-7-12-10(5-1)9-11-6-2-4-8-13(11)12;1-2-4-5-3-1;;;;;;/h1-9H;1-3H,4H2;4*1H3;;/q6*-1;;. The molecule has 24 heavy (non-hydrogen) atoms. The minimum absolute atomic E-state index is 0. The van der Waals surface area contributed by atoms with Gasteiger partial charge in [-0.05, 0) is 0 Å². The second kappa shape index (κ2) is 15.3. The van der Waals surface area contributed by atoms with Crippen LogP contribution >= 0.6 is 0 Å². The first kappa shape index (κ1) is 27.6. The second-order valence-electron chi connectivity index (χ2n) is 4.32. The molecule has 3 aromatic rings. The summed E-state index contributed by atoms with van der Waals surface area (Å²) in [6, 6.07) is 19.3. The van der Waals surface area contributed by atoms with Gasteiger partial charge < -0.3 is 29.7 Å². The topological polar surface area (TPSA) is 0 Å². The monoisotopic (exact) mass is 366 g/mol. The van der Waals surface area contributed by atoms with E-state index in [9.17, 15) is 0 Å². The molecule has 4 rings (SSSR count). The minimum Gasteiger partial charge on any atom is -0.126 e. The van der Waals surface area contributed by atoms with E-state index in [0.717, 1.165) is 6.42 Å². The van der Waals surface area contributed by atoms with Crippen LogP contribution < -0.4 is 0 Å². The predicted octanol–water partition coefficient (Wildman–Crippen LogP) is 6.44. The first-order valence-electron chi connectivity index (χ1n) is 6.45. The Balaban J connectivity index is -0.000000351. The number of fused-ring (bicyclic) bond motifs is 3. The molecule has 0 aromatic heterocycles. The van der Waals surface area contributed by atoms with Gasteiger partial charge in [0.05, 0.1) is 0 Å². The zero-order valence-electron chi connectivity index (χ0n) is 15.1. The van der Waals surface area contributed by atoms with Crippen molar-refractivity contribution < 1.29 is 19.2 Å². The van der Waals surface area contributed by atoms with Gasteiger partial charge in [-0.3, -0.25) is 6.08 Å². The van der Waals surface area contributed by atoms with E-state index in [-0.39, 0.29) is 29.7 Å². The van der Waals surface area contributed by atoms with Crippen molar-refractivity contribution in [3.05, 3.63) is 109 Å². The first-order chi connectivity index (χ1) is 9.95. The molecule has 0 nitrogen and oxygen atoms in total. The molecule has 1 aliphatic rings. The Kier molecular flexibility index (Phi) is 17.5. The second-order valence-corrected chi connectivity index (χ2v) is 4.32. The molecular formula is C22H26SiTi-6. The summed E-state index contributed by atoms with van der Waals surface area (Å²) in [5, 5.41) is 5.39. The summed E-state index contributed by atoms with van der Waals surface area (Å²) < 4.78 is 0. The van der Waals surface area contributed by atoms with Crippen LogP contribution in [0.25, 0.3) is 21.5 Å². The molecule has 128 valence electrons. The molecule has 0 bridgehead atoms. The SMILES string of the molecule is [C-]1=CC=CC1.[CH3-].[CH3-].[CH3-].[CH3-].[Si]=[Ti].c1ccc2c(c1)[cH-]c1ccccc12. The molecule has 3 aromatic carbocycles. The van der Waals surface area contributed by atoms with Crippen molar-refractivity contribution in [3.8, 4) is 0 Å². The van der Waals surface area contributed by atoms with Gasteiger partial charge in [-0.1, -0.05) is 36.4 Å². The first-order valence-corrected chi connectivity index (χ1v) is 9.29. The zero-order valence-corrected chi connectivity index (χ0v) is 17.7. The van der Waals surface area contributed by atoms with Crippen LogP contribution in [0.2, 0.25) is 0 Å². The van der Waals surface area contributed by atoms with Gasteiger partial charge >= 0.3 is 26.8 Å². The largest absolute Gasteiger partial charge is 0.126 e. The number of allylic oxidation sites excluding steroid dienone is 4. The summed E-state index contributed by atoms with van der Waals surface area (Å²) in [7, 11) is 2.97. The average Bonchev–Trinajstić information content (AvgIpc) is 3.20. The Morgan fingerprint density at radius 3 is 1.58 bits per heavy atom. The van der Waals surface area contributed by atoms with Gasteiger partial charge in [0.15, 0.2) is 0 Å². The molecule has 2 radical (unpaired) electrons. The van der Waals surface area contributed by atoms with Gasteiger partial charge in [0.25, 0.3) is 0 Å². The third-order valence-electron chi connectivity index (χ3n) is 3.11. The van der Waals surface area contributed by atoms with E-state index in [1.54, 1.807) is 19.2 Å². The maximum Gasteiger partial charge on any atom is -0.0771 e. The molecule has 0 heterocycles. The van der Waals surface area contributed by atoms with Crippen molar-refractivity contribution in [1.29, 1.82) is 0 Å². The van der Waals surface area contributed by atoms with Crippen LogP contribution in [0.1, 0.15) is 6.42 Å². The Morgan fingerprint density at radius 2 is 1.25 bits per heavy atom. The Labute approximate surface area is 163 Å². The summed E-state index contributed by atoms with van der Waals surface area (Å²) in [6.45, 7) is 0. The molecule has 0 saturated heterocycles. The van der Waals surface area contributed by atoms with E-state index >= 15 is 0 Å². The van der Waals surface area contributed by atoms with Crippen molar-refractivity contribution in [2.24, 2.45) is 0 Å². The van der Waals surface area contributed by atoms with E-state index < -0.39 is 0 Å². The van der Waals surface area contributed by atoms with Crippen LogP contribution in [-0.2, 0) is 19.2 Å². The quantitative estimate of drug-likeness (QED) is 0.317. The van der Waals surface area contributed by atoms with Gasteiger partial charge in [0, 0.05) is 0 Å². The third-order valence-corrected chi connectivity index (χ3v) is 3.11. The van der Waals surface area contributed by atoms with Crippen LogP contribution in [-0.4, -0.2) is 7.63 Å². The normalized spacial score (nSPS) is 9.79. The molecule has 2 heteroatoms. The van der Waals surface area contributed by atoms with E-state index in [1.807, 2.05) is 12.2 Å². The molecule has 1 aliphatic carbocycles. The van der Waals surface area contributed by atoms with Gasteiger partial charge in [0.2, 0.25) is 0 Å². The maximum absolute atomic E-state index is 2.99. The van der Waals surface area contributed by atoms with Crippen molar-refractivity contribution in [3.63, 3.8) is 0 Å². The predicted molar refractivity (Wildman–Crippen MR) is 110 cm³/mol. The van der Waals surface area contributed by atoms with Crippen LogP contribution in [0.5, 0.6) is 0 Å². The molecule has 0 amide bonds. The van der Waals surface area contributed by atoms with E-state index in [1.165, 1.54) is 21.5 Å². The van der Waals surface area contributed by atoms with Crippen molar-refractivity contribution in [2.75, 3.05) is 0 Å². The number of hydrogen-bond donors (Lipinski definition) is 0. The molecule has 0 fully saturated rings.